The summed E-state index contributed by atoms with van der Waals surface area (Å²) in [6.07, 6.45) is 2.10. The van der Waals surface area contributed by atoms with Crippen molar-refractivity contribution in [3.63, 3.8) is 0 Å². The van der Waals surface area contributed by atoms with E-state index in [9.17, 15) is 8.42 Å². The maximum Gasteiger partial charge on any atom is 0.271 e. The largest absolute Gasteiger partial charge is 0.447 e. The number of nitrogens with one attached hydrogen (secondary N) is 1. The molecule has 108 valence electrons. The van der Waals surface area contributed by atoms with Gasteiger partial charge in [0.15, 0.2) is 0 Å². The molecule has 0 aromatic carbocycles. The summed E-state index contributed by atoms with van der Waals surface area (Å²) in [4.78, 5) is 0. The van der Waals surface area contributed by atoms with Gasteiger partial charge in [-0.2, -0.15) is 0 Å². The molecular weight excluding hydrogens is 268 g/mol. The smallest absolute Gasteiger partial charge is 0.271 e. The normalized spacial score (nSPS) is 19.5. The average molecular weight is 288 g/mol. The summed E-state index contributed by atoms with van der Waals surface area (Å²) >= 11 is 0. The predicted octanol–water partition coefficient (Wildman–Crippen LogP) is 0.832. The molecule has 1 aromatic heterocycles. The Balaban J connectivity index is 1.86. The Morgan fingerprint density at radius 1 is 1.42 bits per heavy atom. The van der Waals surface area contributed by atoms with Crippen LogP contribution in [0.2, 0.25) is 0 Å². The van der Waals surface area contributed by atoms with Gasteiger partial charge in [-0.3, -0.25) is 0 Å². The Morgan fingerprint density at radius 2 is 2.11 bits per heavy atom. The molecule has 2 rings (SSSR count). The third-order valence-corrected chi connectivity index (χ3v) is 4.27. The lowest BCUT2D eigenvalue weighted by Crippen LogP contribution is -2.36. The monoisotopic (exact) mass is 288 g/mol. The van der Waals surface area contributed by atoms with Gasteiger partial charge < -0.3 is 14.5 Å². The van der Waals surface area contributed by atoms with Gasteiger partial charge in [0, 0.05) is 19.3 Å². The van der Waals surface area contributed by atoms with E-state index in [0.717, 1.165) is 26.1 Å². The molecule has 3 N–H and O–H groups in total. The van der Waals surface area contributed by atoms with Gasteiger partial charge in [0.25, 0.3) is 10.0 Å². The van der Waals surface area contributed by atoms with Gasteiger partial charge in [0.2, 0.25) is 5.09 Å². The van der Waals surface area contributed by atoms with Crippen LogP contribution in [0.3, 0.4) is 0 Å². The van der Waals surface area contributed by atoms with Gasteiger partial charge in [-0.05, 0) is 37.8 Å². The van der Waals surface area contributed by atoms with E-state index in [1.165, 1.54) is 6.07 Å². The first-order valence-electron chi connectivity index (χ1n) is 6.39. The van der Waals surface area contributed by atoms with Crippen LogP contribution in [0.15, 0.2) is 21.6 Å². The molecule has 0 aliphatic carbocycles. The van der Waals surface area contributed by atoms with Crippen LogP contribution in [-0.2, 0) is 21.3 Å². The van der Waals surface area contributed by atoms with Gasteiger partial charge in [0.05, 0.1) is 6.54 Å². The number of nitrogens with two attached hydrogens (primary N) is 1. The minimum Gasteiger partial charge on any atom is -0.447 e. The van der Waals surface area contributed by atoms with Gasteiger partial charge in [0.1, 0.15) is 5.76 Å². The van der Waals surface area contributed by atoms with Gasteiger partial charge in [-0.25, -0.2) is 13.6 Å². The number of furan rings is 1. The predicted molar refractivity (Wildman–Crippen MR) is 69.9 cm³/mol. The molecule has 1 aliphatic rings. The maximum absolute atomic E-state index is 11.1. The molecule has 1 aliphatic heterocycles. The fourth-order valence-corrected chi connectivity index (χ4v) is 2.73. The quantitative estimate of drug-likeness (QED) is 0.837. The van der Waals surface area contributed by atoms with Crippen molar-refractivity contribution in [2.75, 3.05) is 13.2 Å². The van der Waals surface area contributed by atoms with Crippen molar-refractivity contribution in [1.29, 1.82) is 0 Å². The lowest BCUT2D eigenvalue weighted by Gasteiger charge is -2.28. The van der Waals surface area contributed by atoms with Crippen LogP contribution in [0.1, 0.15) is 25.5 Å². The minimum absolute atomic E-state index is 0.192. The van der Waals surface area contributed by atoms with E-state index in [0.29, 0.717) is 24.3 Å². The van der Waals surface area contributed by atoms with Crippen LogP contribution in [0.4, 0.5) is 0 Å². The summed E-state index contributed by atoms with van der Waals surface area (Å²) in [7, 11) is -3.75. The second-order valence-electron chi connectivity index (χ2n) is 4.89. The zero-order valence-corrected chi connectivity index (χ0v) is 11.8. The molecule has 1 unspecified atom stereocenters. The van der Waals surface area contributed by atoms with E-state index in [2.05, 4.69) is 12.2 Å². The van der Waals surface area contributed by atoms with E-state index < -0.39 is 10.0 Å². The van der Waals surface area contributed by atoms with Gasteiger partial charge in [-0.1, -0.05) is 0 Å². The van der Waals surface area contributed by atoms with E-state index in [4.69, 9.17) is 14.3 Å². The molecule has 1 aromatic rings. The first-order valence-corrected chi connectivity index (χ1v) is 7.94. The van der Waals surface area contributed by atoms with Crippen LogP contribution in [-0.4, -0.2) is 27.7 Å². The molecule has 1 saturated heterocycles. The molecule has 1 fully saturated rings. The molecule has 0 radical (unpaired) electrons. The second kappa shape index (κ2) is 6.04. The lowest BCUT2D eigenvalue weighted by molar-refractivity contribution is 0.0555. The molecule has 7 heteroatoms. The Labute approximate surface area is 113 Å². The highest BCUT2D eigenvalue weighted by molar-refractivity contribution is 7.89. The van der Waals surface area contributed by atoms with Gasteiger partial charge >= 0.3 is 0 Å². The number of hydrogen-bond acceptors (Lipinski definition) is 5. The third kappa shape index (κ3) is 4.04. The second-order valence-corrected chi connectivity index (χ2v) is 6.38. The number of rotatable bonds is 5. The molecular formula is C12H20N2O4S. The summed E-state index contributed by atoms with van der Waals surface area (Å²) in [5.74, 6) is 1.16. The minimum atomic E-state index is -3.75. The number of hydrogen-bond donors (Lipinski definition) is 2. The first kappa shape index (κ1) is 14.5. The van der Waals surface area contributed by atoms with Crippen molar-refractivity contribution < 1.29 is 17.6 Å². The summed E-state index contributed by atoms with van der Waals surface area (Å²) in [5, 5.41) is 8.14. The highest BCUT2D eigenvalue weighted by Crippen LogP contribution is 2.19. The molecule has 0 saturated carbocycles. The highest BCUT2D eigenvalue weighted by atomic mass is 32.2. The summed E-state index contributed by atoms with van der Waals surface area (Å²) in [5.41, 5.74) is 0. The topological polar surface area (TPSA) is 94.6 Å². The Kier molecular flexibility index (Phi) is 4.62. The van der Waals surface area contributed by atoms with Crippen LogP contribution in [0, 0.1) is 5.92 Å². The number of primary sulfonamides is 1. The average Bonchev–Trinajstić information content (AvgIpc) is 2.86. The maximum atomic E-state index is 11.1. The number of sulfonamides is 1. The van der Waals surface area contributed by atoms with Crippen molar-refractivity contribution in [3.05, 3.63) is 17.9 Å². The molecule has 6 nitrogen and oxygen atoms in total. The fraction of sp³-hybridized carbons (Fsp3) is 0.667. The molecule has 1 atom stereocenters. The van der Waals surface area contributed by atoms with E-state index in [-0.39, 0.29) is 5.09 Å². The van der Waals surface area contributed by atoms with Crippen molar-refractivity contribution in [2.45, 2.75) is 37.4 Å². The third-order valence-electron chi connectivity index (χ3n) is 3.49. The Morgan fingerprint density at radius 3 is 2.68 bits per heavy atom. The fourth-order valence-electron chi connectivity index (χ4n) is 2.25. The van der Waals surface area contributed by atoms with Crippen molar-refractivity contribution >= 4 is 10.0 Å². The van der Waals surface area contributed by atoms with E-state index in [1.54, 1.807) is 6.07 Å². The van der Waals surface area contributed by atoms with Crippen molar-refractivity contribution in [3.8, 4) is 0 Å². The Bertz CT molecular complexity index is 506. The Hall–Kier alpha value is -0.890. The van der Waals surface area contributed by atoms with Crippen LogP contribution >= 0.6 is 0 Å². The molecule has 0 spiro atoms. The summed E-state index contributed by atoms with van der Waals surface area (Å²) in [6.45, 7) is 4.24. The van der Waals surface area contributed by atoms with Crippen molar-refractivity contribution in [2.24, 2.45) is 11.1 Å². The molecule has 0 bridgehead atoms. The zero-order valence-electron chi connectivity index (χ0n) is 11.0. The standard InChI is InChI=1S/C12H20N2O4S/c1-9(10-4-6-17-7-5-10)14-8-11-2-3-12(18-11)19(13,15)16/h2-3,9-10,14H,4-8H2,1H3,(H2,13,15,16). The number of ether oxygens (including phenoxy) is 1. The molecule has 2 heterocycles. The van der Waals surface area contributed by atoms with Crippen molar-refractivity contribution in [1.82, 2.24) is 5.32 Å². The SMILES string of the molecule is CC(NCc1ccc(S(N)(=O)=O)o1)C1CCOCC1. The van der Waals surface area contributed by atoms with E-state index in [1.807, 2.05) is 0 Å². The molecule has 0 amide bonds. The lowest BCUT2D eigenvalue weighted by atomic mass is 9.93. The zero-order chi connectivity index (χ0) is 13.9. The first-order chi connectivity index (χ1) is 8.97. The van der Waals surface area contributed by atoms with Crippen LogP contribution in [0.25, 0.3) is 0 Å². The summed E-state index contributed by atoms with van der Waals surface area (Å²) in [6, 6.07) is 3.35. The van der Waals surface area contributed by atoms with Crippen LogP contribution < -0.4 is 10.5 Å². The summed E-state index contributed by atoms with van der Waals surface area (Å²) < 4.78 is 32.7. The van der Waals surface area contributed by atoms with Gasteiger partial charge in [-0.15, -0.1) is 0 Å². The van der Waals surface area contributed by atoms with E-state index >= 15 is 0 Å². The van der Waals surface area contributed by atoms with Crippen LogP contribution in [0.5, 0.6) is 0 Å². The highest BCUT2D eigenvalue weighted by Gasteiger charge is 2.20. The molecule has 19 heavy (non-hydrogen) atoms.